The van der Waals surface area contributed by atoms with Crippen molar-refractivity contribution in [2.45, 2.75) is 10.6 Å². The number of carbonyl (C=O) groups excluding carboxylic acids is 1. The molecule has 1 unspecified atom stereocenters. The fourth-order valence-corrected chi connectivity index (χ4v) is 5.93. The Labute approximate surface area is 199 Å². The van der Waals surface area contributed by atoms with Crippen LogP contribution in [0.15, 0.2) is 65.8 Å². The number of rotatable bonds is 3. The molecule has 1 atom stereocenters. The van der Waals surface area contributed by atoms with E-state index in [1.807, 2.05) is 72.7 Å². The first-order chi connectivity index (χ1) is 16.6. The topological polar surface area (TPSA) is 88.2 Å². The molecule has 0 bridgehead atoms. The molecule has 6 rings (SSSR count). The van der Waals surface area contributed by atoms with Crippen molar-refractivity contribution < 1.29 is 14.1 Å². The number of morpholine rings is 1. The summed E-state index contributed by atoms with van der Waals surface area (Å²) in [4.78, 5) is 16.0. The Kier molecular flexibility index (Phi) is 5.24. The maximum atomic E-state index is 13.5. The molecule has 4 heterocycles. The highest BCUT2D eigenvalue weighted by molar-refractivity contribution is 7.90. The summed E-state index contributed by atoms with van der Waals surface area (Å²) < 4.78 is 22.1. The summed E-state index contributed by atoms with van der Waals surface area (Å²) >= 11 is -1.24. The predicted octanol–water partition coefficient (Wildman–Crippen LogP) is 3.03. The van der Waals surface area contributed by atoms with Gasteiger partial charge in [-0.2, -0.15) is 10.2 Å². The number of benzene rings is 2. The molecule has 2 aliphatic heterocycles. The van der Waals surface area contributed by atoms with Gasteiger partial charge in [-0.1, -0.05) is 24.3 Å². The van der Waals surface area contributed by atoms with E-state index >= 15 is 0 Å². The average molecular weight is 474 g/mol. The number of hydrogen-bond acceptors (Lipinski definition) is 5. The minimum Gasteiger partial charge on any atom is -0.611 e. The smallest absolute Gasteiger partial charge is 0.275 e. The highest BCUT2D eigenvalue weighted by Gasteiger charge is 2.37. The normalized spacial score (nSPS) is 17.4. The minimum absolute atomic E-state index is 0.141. The number of nitrogens with zero attached hydrogens (tertiary/aromatic N) is 5. The third kappa shape index (κ3) is 3.53. The number of ether oxygens (including phenoxy) is 1. The van der Waals surface area contributed by atoms with Crippen LogP contribution in [0.4, 0.5) is 0 Å². The van der Waals surface area contributed by atoms with Gasteiger partial charge in [-0.15, -0.1) is 0 Å². The zero-order valence-corrected chi connectivity index (χ0v) is 19.5. The van der Waals surface area contributed by atoms with Gasteiger partial charge in [-0.25, -0.2) is 4.68 Å². The second-order valence-electron chi connectivity index (χ2n) is 8.43. The van der Waals surface area contributed by atoms with E-state index in [-0.39, 0.29) is 11.7 Å². The molecule has 0 radical (unpaired) electrons. The molecule has 2 aliphatic rings. The van der Waals surface area contributed by atoms with Gasteiger partial charge in [0.2, 0.25) is 0 Å². The van der Waals surface area contributed by atoms with E-state index < -0.39 is 11.2 Å². The van der Waals surface area contributed by atoms with Gasteiger partial charge >= 0.3 is 0 Å². The van der Waals surface area contributed by atoms with Crippen LogP contribution in [0.25, 0.3) is 28.1 Å². The average Bonchev–Trinajstić information content (AvgIpc) is 3.48. The van der Waals surface area contributed by atoms with Crippen molar-refractivity contribution in [3.05, 3.63) is 72.2 Å². The van der Waals surface area contributed by atoms with Gasteiger partial charge in [-0.05, 0) is 41.0 Å². The van der Waals surface area contributed by atoms with Crippen LogP contribution < -0.4 is 0 Å². The molecule has 172 valence electrons. The van der Waals surface area contributed by atoms with Crippen molar-refractivity contribution in [1.29, 1.82) is 0 Å². The largest absolute Gasteiger partial charge is 0.611 e. The van der Waals surface area contributed by atoms with Gasteiger partial charge in [0.1, 0.15) is 5.75 Å². The summed E-state index contributed by atoms with van der Waals surface area (Å²) in [7, 11) is 1.89. The third-order valence-corrected chi connectivity index (χ3v) is 7.67. The molecule has 34 heavy (non-hydrogen) atoms. The molecule has 1 saturated heterocycles. The van der Waals surface area contributed by atoms with Crippen LogP contribution in [-0.4, -0.2) is 61.2 Å². The van der Waals surface area contributed by atoms with Gasteiger partial charge in [0.05, 0.1) is 41.9 Å². The van der Waals surface area contributed by atoms with E-state index in [0.717, 1.165) is 38.5 Å². The van der Waals surface area contributed by atoms with Crippen LogP contribution in [0.5, 0.6) is 0 Å². The molecule has 1 amide bonds. The monoisotopic (exact) mass is 473 g/mol. The summed E-state index contributed by atoms with van der Waals surface area (Å²) in [5.74, 6) is 0.123. The lowest BCUT2D eigenvalue weighted by molar-refractivity contribution is 0.0298. The summed E-state index contributed by atoms with van der Waals surface area (Å²) in [6, 6.07) is 15.7. The molecule has 8 nitrogen and oxygen atoms in total. The molecular weight excluding hydrogens is 450 g/mol. The first-order valence-corrected chi connectivity index (χ1v) is 12.5. The Morgan fingerprint density at radius 1 is 1.09 bits per heavy atom. The zero-order chi connectivity index (χ0) is 23.2. The second-order valence-corrected chi connectivity index (χ2v) is 9.85. The van der Waals surface area contributed by atoms with E-state index in [1.165, 1.54) is 0 Å². The quantitative estimate of drug-likeness (QED) is 0.427. The van der Waals surface area contributed by atoms with E-state index in [0.29, 0.717) is 32.0 Å². The highest BCUT2D eigenvalue weighted by Crippen LogP contribution is 2.41. The van der Waals surface area contributed by atoms with Gasteiger partial charge < -0.3 is 14.2 Å². The highest BCUT2D eigenvalue weighted by atomic mass is 32.2. The molecular formula is C25H23N5O3S. The van der Waals surface area contributed by atoms with Crippen LogP contribution in [0.3, 0.4) is 0 Å². The van der Waals surface area contributed by atoms with Gasteiger partial charge in [-0.3, -0.25) is 9.48 Å². The number of fused-ring (bicyclic) bond motifs is 3. The van der Waals surface area contributed by atoms with Crippen LogP contribution >= 0.6 is 0 Å². The van der Waals surface area contributed by atoms with Crippen molar-refractivity contribution in [2.75, 3.05) is 26.3 Å². The fraction of sp³-hybridized carbons (Fsp3) is 0.240. The second kappa shape index (κ2) is 8.43. The Hall–Kier alpha value is -3.40. The lowest BCUT2D eigenvalue weighted by Gasteiger charge is -2.26. The molecule has 9 heteroatoms. The Balaban J connectivity index is 1.53. The summed E-state index contributed by atoms with van der Waals surface area (Å²) in [5.41, 5.74) is 5.62. The lowest BCUT2D eigenvalue weighted by Crippen LogP contribution is -2.41. The Bertz CT molecular complexity index is 1390. The van der Waals surface area contributed by atoms with Gasteiger partial charge in [0.25, 0.3) is 5.91 Å². The Morgan fingerprint density at radius 2 is 1.91 bits per heavy atom. The van der Waals surface area contributed by atoms with E-state index in [1.54, 1.807) is 9.58 Å². The molecule has 0 spiro atoms. The maximum absolute atomic E-state index is 13.5. The van der Waals surface area contributed by atoms with Gasteiger partial charge in [0, 0.05) is 31.9 Å². The molecule has 2 aromatic carbocycles. The molecule has 1 fully saturated rings. The van der Waals surface area contributed by atoms with Gasteiger partial charge in [0.15, 0.2) is 10.6 Å². The standard InChI is InChI=1S/C25H23N5O3S/c1-28-15-18(14-26-28)17-5-4-6-19(13-17)30-24-20-7-2-3-8-22(20)34(32)16-21(24)23(27-30)25(31)29-9-11-33-12-10-29/h2-8,13-15H,9-12,16H2,1H3. The summed E-state index contributed by atoms with van der Waals surface area (Å²) in [6.45, 7) is 2.07. The van der Waals surface area contributed by atoms with E-state index in [2.05, 4.69) is 5.10 Å². The number of aryl methyl sites for hydroxylation is 1. The number of aromatic nitrogens is 4. The molecule has 4 aromatic rings. The molecule has 0 aliphatic carbocycles. The van der Waals surface area contributed by atoms with E-state index in [4.69, 9.17) is 9.84 Å². The minimum atomic E-state index is -1.24. The molecule has 0 N–H and O–H groups in total. The van der Waals surface area contributed by atoms with E-state index in [9.17, 15) is 9.35 Å². The predicted molar refractivity (Wildman–Crippen MR) is 128 cm³/mol. The first kappa shape index (κ1) is 21.2. The Morgan fingerprint density at radius 3 is 2.71 bits per heavy atom. The van der Waals surface area contributed by atoms with Crippen LogP contribution in [0.2, 0.25) is 0 Å². The van der Waals surface area contributed by atoms with Crippen molar-refractivity contribution in [2.24, 2.45) is 7.05 Å². The first-order valence-electron chi connectivity index (χ1n) is 11.2. The van der Waals surface area contributed by atoms with Crippen LogP contribution in [0, 0.1) is 0 Å². The van der Waals surface area contributed by atoms with Crippen molar-refractivity contribution in [3.8, 4) is 28.1 Å². The van der Waals surface area contributed by atoms with Crippen LogP contribution in [-0.2, 0) is 28.7 Å². The van der Waals surface area contributed by atoms with Crippen molar-refractivity contribution >= 4 is 17.1 Å². The third-order valence-electron chi connectivity index (χ3n) is 6.28. The number of hydrogen-bond donors (Lipinski definition) is 0. The number of amides is 1. The maximum Gasteiger partial charge on any atom is 0.275 e. The summed E-state index contributed by atoms with van der Waals surface area (Å²) in [5, 5.41) is 9.12. The fourth-order valence-electron chi connectivity index (χ4n) is 4.60. The lowest BCUT2D eigenvalue weighted by atomic mass is 10.0. The van der Waals surface area contributed by atoms with Crippen LogP contribution in [0.1, 0.15) is 16.1 Å². The van der Waals surface area contributed by atoms with Crippen molar-refractivity contribution in [3.63, 3.8) is 0 Å². The summed E-state index contributed by atoms with van der Waals surface area (Å²) in [6.07, 6.45) is 3.78. The SMILES string of the molecule is Cn1cc(-c2cccc(-n3nc(C(=O)N4CCOCC4)c4c3-c3ccccc3[S+]([O-])C4)c2)cn1. The zero-order valence-electron chi connectivity index (χ0n) is 18.7. The molecule has 2 aromatic heterocycles. The molecule has 0 saturated carbocycles. The number of carbonyl (C=O) groups is 1. The van der Waals surface area contributed by atoms with Crippen molar-refractivity contribution in [1.82, 2.24) is 24.5 Å².